The maximum atomic E-state index is 13.9. The van der Waals surface area contributed by atoms with E-state index in [-0.39, 0.29) is 24.7 Å². The second-order valence-electron chi connectivity index (χ2n) is 9.58. The minimum absolute atomic E-state index is 0.0679. The Bertz CT molecular complexity index is 1320. The lowest BCUT2D eigenvalue weighted by molar-refractivity contribution is -0.134. The number of rotatable bonds is 8. The molecule has 0 radical (unpaired) electrons. The topological polar surface area (TPSA) is 75.5 Å². The van der Waals surface area contributed by atoms with Gasteiger partial charge in [0.1, 0.15) is 0 Å². The molecule has 2 aromatic heterocycles. The first-order valence-electron chi connectivity index (χ1n) is 12.1. The lowest BCUT2D eigenvalue weighted by Crippen LogP contribution is -2.55. The van der Waals surface area contributed by atoms with E-state index in [0.717, 1.165) is 22.9 Å². The summed E-state index contributed by atoms with van der Waals surface area (Å²) in [4.78, 5) is 25.7. The van der Waals surface area contributed by atoms with Gasteiger partial charge >= 0.3 is 0 Å². The number of halogens is 3. The number of alkyl halides is 2. The largest absolute Gasteiger partial charge is 0.494 e. The standard InChI is InChI=1S/C26H29F3N6O2/c1-16(22-10-23(37-3)21(27)11-32-22)35-6-4-19-18(13-33-14-26(28,29)15-33)8-17(9-20(19)24(35)36)12-34-7-5-31-25(34)30-2/h5,7-11,16H,4,6,12-15H2,1-3H3,(H,30,31)/t16-/m0/s1. The molecule has 0 bridgehead atoms. The SMILES string of the molecule is CNc1nccn1Cc1cc(CN2CC(F)(F)C2)c2c(c1)C(=O)N([C@@H](C)c1cc(OC)c(F)cn1)CC2. The van der Waals surface area contributed by atoms with Crippen molar-refractivity contribution in [1.82, 2.24) is 24.3 Å². The van der Waals surface area contributed by atoms with Crippen LogP contribution in [0.25, 0.3) is 0 Å². The van der Waals surface area contributed by atoms with Crippen LogP contribution in [0, 0.1) is 5.82 Å². The van der Waals surface area contributed by atoms with E-state index in [2.05, 4.69) is 15.3 Å². The predicted octanol–water partition coefficient (Wildman–Crippen LogP) is 3.73. The third kappa shape index (κ3) is 4.87. The molecular formula is C26H29F3N6O2. The number of hydrogen-bond donors (Lipinski definition) is 1. The van der Waals surface area contributed by atoms with Crippen LogP contribution in [-0.4, -0.2) is 70.0 Å². The van der Waals surface area contributed by atoms with Crippen molar-refractivity contribution in [3.05, 3.63) is 70.6 Å². The fraction of sp³-hybridized carbons (Fsp3) is 0.423. The summed E-state index contributed by atoms with van der Waals surface area (Å²) in [5.41, 5.74) is 3.72. The summed E-state index contributed by atoms with van der Waals surface area (Å²) in [6.07, 6.45) is 5.20. The second kappa shape index (κ2) is 9.70. The molecule has 2 aliphatic rings. The minimum Gasteiger partial charge on any atom is -0.494 e. The Kier molecular flexibility index (Phi) is 6.57. The van der Waals surface area contributed by atoms with Gasteiger partial charge in [-0.2, -0.15) is 0 Å². The van der Waals surface area contributed by atoms with E-state index in [9.17, 15) is 18.0 Å². The Morgan fingerprint density at radius 3 is 2.68 bits per heavy atom. The molecule has 1 N–H and O–H groups in total. The Morgan fingerprint density at radius 1 is 1.19 bits per heavy atom. The molecular weight excluding hydrogens is 485 g/mol. The smallest absolute Gasteiger partial charge is 0.272 e. The number of likely N-dealkylation sites (tertiary alicyclic amines) is 1. The molecule has 8 nitrogen and oxygen atoms in total. The maximum Gasteiger partial charge on any atom is 0.272 e. The first-order valence-corrected chi connectivity index (χ1v) is 12.1. The van der Waals surface area contributed by atoms with E-state index in [1.807, 2.05) is 29.8 Å². The van der Waals surface area contributed by atoms with Crippen molar-refractivity contribution in [3.63, 3.8) is 0 Å². The zero-order valence-corrected chi connectivity index (χ0v) is 21.0. The Hall–Kier alpha value is -3.60. The van der Waals surface area contributed by atoms with Gasteiger partial charge in [-0.1, -0.05) is 6.07 Å². The van der Waals surface area contributed by atoms with Crippen molar-refractivity contribution >= 4 is 11.9 Å². The highest BCUT2D eigenvalue weighted by Gasteiger charge is 2.44. The van der Waals surface area contributed by atoms with E-state index < -0.39 is 17.8 Å². The van der Waals surface area contributed by atoms with Crippen molar-refractivity contribution in [2.75, 3.05) is 39.1 Å². The van der Waals surface area contributed by atoms with Gasteiger partial charge in [-0.05, 0) is 36.1 Å². The number of nitrogens with one attached hydrogen (secondary N) is 1. The molecule has 1 fully saturated rings. The summed E-state index contributed by atoms with van der Waals surface area (Å²) < 4.78 is 48.0. The number of anilines is 1. The number of imidazole rings is 1. The van der Waals surface area contributed by atoms with Crippen LogP contribution in [0.1, 0.15) is 45.7 Å². The zero-order chi connectivity index (χ0) is 26.3. The van der Waals surface area contributed by atoms with Gasteiger partial charge in [-0.25, -0.2) is 18.2 Å². The van der Waals surface area contributed by atoms with Gasteiger partial charge < -0.3 is 19.5 Å². The molecule has 1 atom stereocenters. The molecule has 0 aliphatic carbocycles. The number of ether oxygens (including phenoxy) is 1. The molecule has 1 aromatic carbocycles. The van der Waals surface area contributed by atoms with Crippen molar-refractivity contribution in [3.8, 4) is 5.75 Å². The van der Waals surface area contributed by atoms with E-state index in [0.29, 0.717) is 43.3 Å². The van der Waals surface area contributed by atoms with Gasteiger partial charge in [-0.15, -0.1) is 0 Å². The monoisotopic (exact) mass is 514 g/mol. The molecule has 1 amide bonds. The van der Waals surface area contributed by atoms with Crippen LogP contribution < -0.4 is 10.1 Å². The summed E-state index contributed by atoms with van der Waals surface area (Å²) >= 11 is 0. The quantitative estimate of drug-likeness (QED) is 0.494. The molecule has 11 heteroatoms. The fourth-order valence-electron chi connectivity index (χ4n) is 5.18. The highest BCUT2D eigenvalue weighted by molar-refractivity contribution is 5.97. The average Bonchev–Trinajstić information content (AvgIpc) is 3.30. The van der Waals surface area contributed by atoms with Crippen molar-refractivity contribution in [2.24, 2.45) is 0 Å². The van der Waals surface area contributed by atoms with E-state index in [4.69, 9.17) is 4.74 Å². The first-order chi connectivity index (χ1) is 17.7. The molecule has 0 unspecified atom stereocenters. The normalized spacial score (nSPS) is 17.8. The van der Waals surface area contributed by atoms with E-state index >= 15 is 0 Å². The second-order valence-corrected chi connectivity index (χ2v) is 9.58. The molecule has 0 saturated carbocycles. The Balaban J connectivity index is 1.48. The first kappa shape index (κ1) is 25.1. The maximum absolute atomic E-state index is 13.9. The number of amides is 1. The van der Waals surface area contributed by atoms with Gasteiger partial charge in [0.2, 0.25) is 5.95 Å². The number of carbonyl (C=O) groups is 1. The molecule has 0 spiro atoms. The number of pyridine rings is 1. The number of methoxy groups -OCH3 is 1. The number of nitrogens with zero attached hydrogens (tertiary/aromatic N) is 5. The van der Waals surface area contributed by atoms with Crippen molar-refractivity contribution in [2.45, 2.75) is 38.4 Å². The van der Waals surface area contributed by atoms with Gasteiger partial charge in [0.05, 0.1) is 44.7 Å². The highest BCUT2D eigenvalue weighted by atomic mass is 19.3. The van der Waals surface area contributed by atoms with Gasteiger partial charge in [0.25, 0.3) is 11.8 Å². The predicted molar refractivity (Wildman–Crippen MR) is 131 cm³/mol. The van der Waals surface area contributed by atoms with Gasteiger partial charge in [-0.3, -0.25) is 14.7 Å². The summed E-state index contributed by atoms with van der Waals surface area (Å²) in [6.45, 7) is 2.53. The third-order valence-electron chi connectivity index (χ3n) is 7.05. The van der Waals surface area contributed by atoms with Crippen LogP contribution in [-0.2, 0) is 19.5 Å². The summed E-state index contributed by atoms with van der Waals surface area (Å²) in [5.74, 6) is -2.66. The van der Waals surface area contributed by atoms with Crippen LogP contribution in [0.4, 0.5) is 19.1 Å². The molecule has 1 saturated heterocycles. The number of fused-ring (bicyclic) bond motifs is 1. The highest BCUT2D eigenvalue weighted by Crippen LogP contribution is 2.34. The third-order valence-corrected chi connectivity index (χ3v) is 7.05. The van der Waals surface area contributed by atoms with Gasteiger partial charge in [0, 0.05) is 44.2 Å². The van der Waals surface area contributed by atoms with Crippen LogP contribution in [0.5, 0.6) is 5.75 Å². The summed E-state index contributed by atoms with van der Waals surface area (Å²) in [6, 6.07) is 4.98. The van der Waals surface area contributed by atoms with Gasteiger partial charge in [0.15, 0.2) is 11.6 Å². The number of aromatic nitrogens is 3. The average molecular weight is 515 g/mol. The Morgan fingerprint density at radius 2 is 1.97 bits per heavy atom. The summed E-state index contributed by atoms with van der Waals surface area (Å²) in [5, 5.41) is 3.04. The number of carbonyl (C=O) groups excluding carboxylic acids is 1. The molecule has 196 valence electrons. The number of hydrogen-bond acceptors (Lipinski definition) is 6. The van der Waals surface area contributed by atoms with Crippen LogP contribution >= 0.6 is 0 Å². The number of benzene rings is 1. The molecule has 4 heterocycles. The van der Waals surface area contributed by atoms with Crippen LogP contribution in [0.15, 0.2) is 36.8 Å². The van der Waals surface area contributed by atoms with Crippen LogP contribution in [0.2, 0.25) is 0 Å². The van der Waals surface area contributed by atoms with E-state index in [1.54, 1.807) is 23.0 Å². The Labute approximate surface area is 213 Å². The lowest BCUT2D eigenvalue weighted by Gasteiger charge is -2.40. The molecule has 5 rings (SSSR count). The molecule has 2 aliphatic heterocycles. The molecule has 37 heavy (non-hydrogen) atoms. The van der Waals surface area contributed by atoms with Crippen molar-refractivity contribution < 1.29 is 22.7 Å². The van der Waals surface area contributed by atoms with Crippen molar-refractivity contribution in [1.29, 1.82) is 0 Å². The molecule has 3 aromatic rings. The fourth-order valence-corrected chi connectivity index (χ4v) is 5.18. The zero-order valence-electron chi connectivity index (χ0n) is 21.0. The lowest BCUT2D eigenvalue weighted by atomic mass is 9.89. The van der Waals surface area contributed by atoms with E-state index in [1.165, 1.54) is 13.2 Å². The summed E-state index contributed by atoms with van der Waals surface area (Å²) in [7, 11) is 3.16. The minimum atomic E-state index is -2.67. The van der Waals surface area contributed by atoms with Crippen LogP contribution in [0.3, 0.4) is 0 Å².